The summed E-state index contributed by atoms with van der Waals surface area (Å²) in [6, 6.07) is 13.1. The summed E-state index contributed by atoms with van der Waals surface area (Å²) in [6.45, 7) is 2.57. The molecule has 3 aliphatic rings. The number of benzene rings is 2. The molecule has 2 aromatic carbocycles. The van der Waals surface area contributed by atoms with Crippen LogP contribution >= 0.6 is 11.9 Å². The molecular formula is C30H37F3N2O3S. The first-order chi connectivity index (χ1) is 18.8. The van der Waals surface area contributed by atoms with Crippen molar-refractivity contribution in [2.24, 2.45) is 11.8 Å². The number of hydrogen-bond acceptors (Lipinski definition) is 6. The number of carbonyl (C=O) groups excluding carboxylic acids is 1. The molecule has 5 rings (SSSR count). The van der Waals surface area contributed by atoms with Crippen LogP contribution < -0.4 is 4.74 Å². The van der Waals surface area contributed by atoms with Gasteiger partial charge < -0.3 is 9.47 Å². The number of ether oxygens (including phenoxy) is 2. The summed E-state index contributed by atoms with van der Waals surface area (Å²) >= 11 is 1.53. The van der Waals surface area contributed by atoms with Crippen molar-refractivity contribution < 1.29 is 27.4 Å². The predicted molar refractivity (Wildman–Crippen MR) is 145 cm³/mol. The number of carbonyl (C=O) groups is 1. The lowest BCUT2D eigenvalue weighted by Crippen LogP contribution is -2.55. The molecular weight excluding hydrogens is 525 g/mol. The second-order valence-corrected chi connectivity index (χ2v) is 12.1. The fourth-order valence-electron chi connectivity index (χ4n) is 5.84. The smallest absolute Gasteiger partial charge is 0.416 e. The Bertz CT molecular complexity index is 1090. The van der Waals surface area contributed by atoms with Gasteiger partial charge >= 0.3 is 12.1 Å². The van der Waals surface area contributed by atoms with Gasteiger partial charge in [-0.3, -0.25) is 9.69 Å². The number of esters is 1. The lowest BCUT2D eigenvalue weighted by Gasteiger charge is -2.43. The largest absolute Gasteiger partial charge is 0.493 e. The second kappa shape index (κ2) is 12.5. The molecule has 0 aromatic heterocycles. The molecule has 212 valence electrons. The van der Waals surface area contributed by atoms with Crippen LogP contribution in [0.4, 0.5) is 13.2 Å². The molecule has 2 unspecified atom stereocenters. The van der Waals surface area contributed by atoms with Gasteiger partial charge in [0.05, 0.1) is 19.3 Å². The van der Waals surface area contributed by atoms with Crippen molar-refractivity contribution in [2.45, 2.75) is 68.1 Å². The Labute approximate surface area is 233 Å². The van der Waals surface area contributed by atoms with Gasteiger partial charge in [-0.1, -0.05) is 31.4 Å². The third-order valence-corrected chi connectivity index (χ3v) is 9.29. The van der Waals surface area contributed by atoms with Gasteiger partial charge in [0.1, 0.15) is 11.8 Å². The Balaban J connectivity index is 1.23. The molecule has 2 saturated carbocycles. The first-order valence-corrected chi connectivity index (χ1v) is 14.8. The third kappa shape index (κ3) is 7.30. The van der Waals surface area contributed by atoms with Crippen molar-refractivity contribution in [3.8, 4) is 5.75 Å². The summed E-state index contributed by atoms with van der Waals surface area (Å²) < 4.78 is 52.6. The van der Waals surface area contributed by atoms with Gasteiger partial charge in [-0.25, -0.2) is 4.31 Å². The molecule has 0 N–H and O–H groups in total. The summed E-state index contributed by atoms with van der Waals surface area (Å²) in [6.07, 6.45) is 4.14. The predicted octanol–water partition coefficient (Wildman–Crippen LogP) is 6.98. The first-order valence-electron chi connectivity index (χ1n) is 14.0. The third-order valence-electron chi connectivity index (χ3n) is 8.13. The van der Waals surface area contributed by atoms with E-state index in [2.05, 4.69) is 9.21 Å². The number of hydrogen-bond donors (Lipinski definition) is 0. The van der Waals surface area contributed by atoms with Gasteiger partial charge in [0.25, 0.3) is 0 Å². The standard InChI is InChI=1S/C30H37F3N2O3S/c1-37-29(36)27-19-34(28(22-7-8-22)23-9-11-24(12-10-23)30(31,32)33)17-18-35(27)39-26-15-13-25(14-16-26)38-20-21-5-3-2-4-6-21/h9-16,21-22,27-28H,2-8,17-20H2,1H3. The van der Waals surface area contributed by atoms with E-state index in [9.17, 15) is 18.0 Å². The number of rotatable bonds is 9. The van der Waals surface area contributed by atoms with Gasteiger partial charge in [0.2, 0.25) is 0 Å². The first kappa shape index (κ1) is 28.3. The van der Waals surface area contributed by atoms with Crippen molar-refractivity contribution in [1.29, 1.82) is 0 Å². The maximum atomic E-state index is 13.1. The van der Waals surface area contributed by atoms with Gasteiger partial charge in [0.15, 0.2) is 0 Å². The van der Waals surface area contributed by atoms with E-state index in [1.807, 2.05) is 24.3 Å². The van der Waals surface area contributed by atoms with Crippen molar-refractivity contribution >= 4 is 17.9 Å². The molecule has 0 radical (unpaired) electrons. The number of halogens is 3. The number of methoxy groups -OCH3 is 1. The highest BCUT2D eigenvalue weighted by Gasteiger charge is 2.42. The Hall–Kier alpha value is -2.23. The molecule has 1 heterocycles. The van der Waals surface area contributed by atoms with Crippen LogP contribution in [-0.2, 0) is 15.7 Å². The lowest BCUT2D eigenvalue weighted by atomic mass is 9.90. The highest BCUT2D eigenvalue weighted by molar-refractivity contribution is 7.97. The summed E-state index contributed by atoms with van der Waals surface area (Å²) in [4.78, 5) is 16.1. The minimum absolute atomic E-state index is 0.00723. The Morgan fingerprint density at radius 2 is 1.67 bits per heavy atom. The highest BCUT2D eigenvalue weighted by Crippen LogP contribution is 2.46. The number of piperazine rings is 1. The molecule has 0 bridgehead atoms. The number of nitrogens with zero attached hydrogens (tertiary/aromatic N) is 2. The van der Waals surface area contributed by atoms with E-state index in [1.54, 1.807) is 12.1 Å². The molecule has 1 aliphatic heterocycles. The molecule has 0 spiro atoms. The van der Waals surface area contributed by atoms with Crippen LogP contribution in [0.5, 0.6) is 5.75 Å². The number of alkyl halides is 3. The minimum atomic E-state index is -4.36. The molecule has 5 nitrogen and oxygen atoms in total. The SMILES string of the molecule is COC(=O)C1CN(C(c2ccc(C(F)(F)F)cc2)C2CC2)CCN1Sc1ccc(OCC2CCCCC2)cc1. The van der Waals surface area contributed by atoms with Crippen LogP contribution in [0.15, 0.2) is 53.4 Å². The molecule has 39 heavy (non-hydrogen) atoms. The van der Waals surface area contributed by atoms with Crippen LogP contribution in [0.1, 0.15) is 62.1 Å². The van der Waals surface area contributed by atoms with E-state index in [0.717, 1.165) is 47.8 Å². The fourth-order valence-corrected chi connectivity index (χ4v) is 6.82. The minimum Gasteiger partial charge on any atom is -0.493 e. The van der Waals surface area contributed by atoms with Crippen LogP contribution in [0.25, 0.3) is 0 Å². The average Bonchev–Trinajstić information content (AvgIpc) is 3.79. The second-order valence-electron chi connectivity index (χ2n) is 11.0. The van der Waals surface area contributed by atoms with Gasteiger partial charge in [-0.2, -0.15) is 13.2 Å². The monoisotopic (exact) mass is 562 g/mol. The molecule has 2 aliphatic carbocycles. The van der Waals surface area contributed by atoms with Crippen LogP contribution in [-0.4, -0.2) is 54.6 Å². The molecule has 2 aromatic rings. The summed E-state index contributed by atoms with van der Waals surface area (Å²) in [5, 5.41) is 0. The quantitative estimate of drug-likeness (QED) is 0.243. The van der Waals surface area contributed by atoms with Gasteiger partial charge in [0, 0.05) is 30.6 Å². The lowest BCUT2D eigenvalue weighted by molar-refractivity contribution is -0.147. The normalized spacial score (nSPS) is 22.4. The molecule has 1 saturated heterocycles. The molecule has 0 amide bonds. The Morgan fingerprint density at radius 1 is 0.974 bits per heavy atom. The van der Waals surface area contributed by atoms with Gasteiger partial charge in [-0.05, 0) is 91.4 Å². The Morgan fingerprint density at radius 3 is 2.28 bits per heavy atom. The fraction of sp³-hybridized carbons (Fsp3) is 0.567. The maximum Gasteiger partial charge on any atom is 0.416 e. The van der Waals surface area contributed by atoms with E-state index in [0.29, 0.717) is 31.5 Å². The van der Waals surface area contributed by atoms with Crippen LogP contribution in [0.3, 0.4) is 0 Å². The van der Waals surface area contributed by atoms with E-state index in [1.165, 1.54) is 51.2 Å². The van der Waals surface area contributed by atoms with Crippen molar-refractivity contribution in [1.82, 2.24) is 9.21 Å². The molecule has 9 heteroatoms. The zero-order chi connectivity index (χ0) is 27.4. The highest BCUT2D eigenvalue weighted by atomic mass is 32.2. The summed E-state index contributed by atoms with van der Waals surface area (Å²) in [5.74, 6) is 1.59. The topological polar surface area (TPSA) is 42.0 Å². The van der Waals surface area contributed by atoms with Crippen molar-refractivity contribution in [2.75, 3.05) is 33.4 Å². The summed E-state index contributed by atoms with van der Waals surface area (Å²) in [5.41, 5.74) is 0.235. The summed E-state index contributed by atoms with van der Waals surface area (Å²) in [7, 11) is 1.40. The Kier molecular flexibility index (Phi) is 9.09. The van der Waals surface area contributed by atoms with Crippen molar-refractivity contribution in [3.05, 3.63) is 59.7 Å². The molecule has 3 fully saturated rings. The van der Waals surface area contributed by atoms with E-state index < -0.39 is 17.8 Å². The van der Waals surface area contributed by atoms with E-state index >= 15 is 0 Å². The van der Waals surface area contributed by atoms with Crippen LogP contribution in [0.2, 0.25) is 0 Å². The zero-order valence-corrected chi connectivity index (χ0v) is 23.2. The average molecular weight is 563 g/mol. The van der Waals surface area contributed by atoms with Crippen molar-refractivity contribution in [3.63, 3.8) is 0 Å². The zero-order valence-electron chi connectivity index (χ0n) is 22.4. The van der Waals surface area contributed by atoms with Gasteiger partial charge in [-0.15, -0.1) is 0 Å². The van der Waals surface area contributed by atoms with Crippen LogP contribution in [0, 0.1) is 11.8 Å². The van der Waals surface area contributed by atoms with E-state index in [-0.39, 0.29) is 12.0 Å². The maximum absolute atomic E-state index is 13.1. The molecule has 2 atom stereocenters. The van der Waals surface area contributed by atoms with E-state index in [4.69, 9.17) is 9.47 Å².